The third kappa shape index (κ3) is 3.41. The van der Waals surface area contributed by atoms with Gasteiger partial charge in [-0.3, -0.25) is 0 Å². The van der Waals surface area contributed by atoms with Crippen LogP contribution in [0.15, 0.2) is 30.6 Å². The summed E-state index contributed by atoms with van der Waals surface area (Å²) in [6, 6.07) is 7.02. The minimum absolute atomic E-state index is 0.192. The molecule has 1 aromatic heterocycles. The molecule has 0 aliphatic heterocycles. The highest BCUT2D eigenvalue weighted by molar-refractivity contribution is 9.09. The molecule has 1 unspecified atom stereocenters. The van der Waals surface area contributed by atoms with Gasteiger partial charge >= 0.3 is 0 Å². The van der Waals surface area contributed by atoms with Crippen molar-refractivity contribution in [1.82, 2.24) is 14.8 Å². The predicted octanol–water partition coefficient (Wildman–Crippen LogP) is 3.72. The number of aromatic nitrogens is 3. The fourth-order valence-electron chi connectivity index (χ4n) is 2.09. The molecule has 0 aliphatic rings. The second-order valence-corrected chi connectivity index (χ2v) is 5.47. The molecule has 0 saturated heterocycles. The lowest BCUT2D eigenvalue weighted by Crippen LogP contribution is -2.13. The Morgan fingerprint density at radius 2 is 2.16 bits per heavy atom. The van der Waals surface area contributed by atoms with Gasteiger partial charge in [-0.1, -0.05) is 28.1 Å². The summed E-state index contributed by atoms with van der Waals surface area (Å²) in [7, 11) is 0. The van der Waals surface area contributed by atoms with Crippen LogP contribution in [0, 0.1) is 5.82 Å². The van der Waals surface area contributed by atoms with Gasteiger partial charge in [-0.05, 0) is 31.5 Å². The predicted molar refractivity (Wildman–Crippen MR) is 77.0 cm³/mol. The van der Waals surface area contributed by atoms with Crippen molar-refractivity contribution in [1.29, 1.82) is 0 Å². The van der Waals surface area contributed by atoms with Crippen LogP contribution in [0.3, 0.4) is 0 Å². The summed E-state index contributed by atoms with van der Waals surface area (Å²) in [6.07, 6.45) is 2.32. The van der Waals surface area contributed by atoms with Crippen LogP contribution in [0.4, 0.5) is 4.39 Å². The van der Waals surface area contributed by atoms with E-state index in [-0.39, 0.29) is 17.8 Å². The number of hydrogen-bond acceptors (Lipinski definition) is 2. The lowest BCUT2D eigenvalue weighted by Gasteiger charge is -2.16. The first kappa shape index (κ1) is 14.2. The zero-order chi connectivity index (χ0) is 13.8. The standard InChI is InChI=1S/C14H17BrFN3/c1-10(2)19-14(17-9-18-19)7-12(8-15)11-4-3-5-13(16)6-11/h3-6,9-10,12H,7-8H2,1-2H3. The SMILES string of the molecule is CC(C)n1ncnc1CC(CBr)c1cccc(F)c1. The topological polar surface area (TPSA) is 30.7 Å². The number of hydrogen-bond donors (Lipinski definition) is 0. The summed E-state index contributed by atoms with van der Waals surface area (Å²) in [5.74, 6) is 0.926. The van der Waals surface area contributed by atoms with Crippen LogP contribution in [0.5, 0.6) is 0 Å². The van der Waals surface area contributed by atoms with E-state index < -0.39 is 0 Å². The Balaban J connectivity index is 2.22. The summed E-state index contributed by atoms with van der Waals surface area (Å²) in [5, 5.41) is 5.00. The highest BCUT2D eigenvalue weighted by Crippen LogP contribution is 2.23. The second kappa shape index (κ2) is 6.28. The van der Waals surface area contributed by atoms with Gasteiger partial charge in [0, 0.05) is 23.7 Å². The second-order valence-electron chi connectivity index (χ2n) is 4.82. The number of halogens is 2. The van der Waals surface area contributed by atoms with Gasteiger partial charge in [0.2, 0.25) is 0 Å². The number of rotatable bonds is 5. The molecule has 5 heteroatoms. The Morgan fingerprint density at radius 1 is 1.37 bits per heavy atom. The van der Waals surface area contributed by atoms with Gasteiger partial charge in [-0.25, -0.2) is 14.1 Å². The molecule has 1 atom stereocenters. The fourth-order valence-corrected chi connectivity index (χ4v) is 2.70. The van der Waals surface area contributed by atoms with E-state index in [9.17, 15) is 4.39 Å². The molecule has 0 N–H and O–H groups in total. The molecule has 0 amide bonds. The van der Waals surface area contributed by atoms with Crippen molar-refractivity contribution in [2.45, 2.75) is 32.2 Å². The van der Waals surface area contributed by atoms with E-state index in [1.165, 1.54) is 6.07 Å². The molecule has 2 aromatic rings. The molecule has 0 saturated carbocycles. The molecule has 3 nitrogen and oxygen atoms in total. The third-order valence-electron chi connectivity index (χ3n) is 3.07. The first-order chi connectivity index (χ1) is 9.11. The van der Waals surface area contributed by atoms with Crippen molar-refractivity contribution < 1.29 is 4.39 Å². The van der Waals surface area contributed by atoms with Crippen LogP contribution in [0.25, 0.3) is 0 Å². The van der Waals surface area contributed by atoms with Crippen molar-refractivity contribution in [3.63, 3.8) is 0 Å². The lowest BCUT2D eigenvalue weighted by atomic mass is 9.97. The molecular formula is C14H17BrFN3. The number of benzene rings is 1. The Hall–Kier alpha value is -1.23. The van der Waals surface area contributed by atoms with E-state index in [0.717, 1.165) is 23.1 Å². The highest BCUT2D eigenvalue weighted by atomic mass is 79.9. The van der Waals surface area contributed by atoms with Crippen LogP contribution >= 0.6 is 15.9 Å². The molecular weight excluding hydrogens is 309 g/mol. The third-order valence-corrected chi connectivity index (χ3v) is 3.85. The summed E-state index contributed by atoms with van der Waals surface area (Å²) in [6.45, 7) is 4.15. The maximum atomic E-state index is 13.3. The number of nitrogens with zero attached hydrogens (tertiary/aromatic N) is 3. The van der Waals surface area contributed by atoms with Gasteiger partial charge in [0.15, 0.2) is 0 Å². The van der Waals surface area contributed by atoms with E-state index in [1.807, 2.05) is 10.7 Å². The quantitative estimate of drug-likeness (QED) is 0.784. The highest BCUT2D eigenvalue weighted by Gasteiger charge is 2.16. The van der Waals surface area contributed by atoms with Crippen LogP contribution < -0.4 is 0 Å². The van der Waals surface area contributed by atoms with Crippen LogP contribution in [-0.4, -0.2) is 20.1 Å². The Bertz CT molecular complexity index is 539. The Morgan fingerprint density at radius 3 is 2.79 bits per heavy atom. The van der Waals surface area contributed by atoms with Gasteiger partial charge in [0.05, 0.1) is 0 Å². The zero-order valence-corrected chi connectivity index (χ0v) is 12.6. The Labute approximate surface area is 121 Å². The lowest BCUT2D eigenvalue weighted by molar-refractivity contribution is 0.496. The molecule has 1 aromatic carbocycles. The number of alkyl halides is 1. The molecule has 0 radical (unpaired) electrons. The molecule has 1 heterocycles. The Kier molecular flexibility index (Phi) is 4.69. The first-order valence-corrected chi connectivity index (χ1v) is 7.43. The summed E-state index contributed by atoms with van der Waals surface area (Å²) >= 11 is 3.50. The van der Waals surface area contributed by atoms with Gasteiger partial charge < -0.3 is 0 Å². The summed E-state index contributed by atoms with van der Waals surface area (Å²) in [5.41, 5.74) is 0.982. The fraction of sp³-hybridized carbons (Fsp3) is 0.429. The average molecular weight is 326 g/mol. The van der Waals surface area contributed by atoms with Crippen LogP contribution in [0.2, 0.25) is 0 Å². The normalized spacial score (nSPS) is 12.9. The molecule has 0 spiro atoms. The smallest absolute Gasteiger partial charge is 0.138 e. The first-order valence-electron chi connectivity index (χ1n) is 6.31. The minimum Gasteiger partial charge on any atom is -0.248 e. The van der Waals surface area contributed by atoms with Crippen molar-refractivity contribution >= 4 is 15.9 Å². The van der Waals surface area contributed by atoms with E-state index in [1.54, 1.807) is 18.5 Å². The molecule has 19 heavy (non-hydrogen) atoms. The van der Waals surface area contributed by atoms with Crippen LogP contribution in [-0.2, 0) is 6.42 Å². The largest absolute Gasteiger partial charge is 0.248 e. The molecule has 0 bridgehead atoms. The van der Waals surface area contributed by atoms with Crippen molar-refractivity contribution in [3.05, 3.63) is 47.8 Å². The van der Waals surface area contributed by atoms with Gasteiger partial charge in [0.25, 0.3) is 0 Å². The summed E-state index contributed by atoms with van der Waals surface area (Å²) < 4.78 is 15.2. The summed E-state index contributed by atoms with van der Waals surface area (Å²) in [4.78, 5) is 4.31. The van der Waals surface area contributed by atoms with Gasteiger partial charge in [0.1, 0.15) is 18.0 Å². The molecule has 102 valence electrons. The van der Waals surface area contributed by atoms with E-state index in [4.69, 9.17) is 0 Å². The van der Waals surface area contributed by atoms with Crippen molar-refractivity contribution in [3.8, 4) is 0 Å². The van der Waals surface area contributed by atoms with Gasteiger partial charge in [-0.15, -0.1) is 0 Å². The van der Waals surface area contributed by atoms with E-state index >= 15 is 0 Å². The minimum atomic E-state index is -0.200. The van der Waals surface area contributed by atoms with Crippen LogP contribution in [0.1, 0.15) is 37.2 Å². The molecule has 0 fully saturated rings. The van der Waals surface area contributed by atoms with Gasteiger partial charge in [-0.2, -0.15) is 5.10 Å². The zero-order valence-electron chi connectivity index (χ0n) is 11.1. The van der Waals surface area contributed by atoms with E-state index in [2.05, 4.69) is 39.9 Å². The monoisotopic (exact) mass is 325 g/mol. The molecule has 0 aliphatic carbocycles. The maximum Gasteiger partial charge on any atom is 0.138 e. The average Bonchev–Trinajstić information content (AvgIpc) is 2.84. The van der Waals surface area contributed by atoms with Crippen molar-refractivity contribution in [2.24, 2.45) is 0 Å². The maximum absolute atomic E-state index is 13.3. The van der Waals surface area contributed by atoms with E-state index in [0.29, 0.717) is 0 Å². The van der Waals surface area contributed by atoms with Crippen molar-refractivity contribution in [2.75, 3.05) is 5.33 Å². The molecule has 2 rings (SSSR count).